The molecule has 0 spiro atoms. The molecule has 102 valence electrons. The second-order valence-corrected chi connectivity index (χ2v) is 7.75. The summed E-state index contributed by atoms with van der Waals surface area (Å²) in [7, 11) is 0. The lowest BCUT2D eigenvalue weighted by atomic mass is 9.80. The molecule has 1 aliphatic heterocycles. The topological polar surface area (TPSA) is 21.3 Å². The van der Waals surface area contributed by atoms with E-state index in [1.54, 1.807) is 0 Å². The maximum absolute atomic E-state index is 6.11. The van der Waals surface area contributed by atoms with Crippen LogP contribution in [0, 0.1) is 11.3 Å². The zero-order chi connectivity index (χ0) is 13.5. The highest BCUT2D eigenvalue weighted by Crippen LogP contribution is 2.37. The van der Waals surface area contributed by atoms with Crippen molar-refractivity contribution < 1.29 is 4.74 Å². The van der Waals surface area contributed by atoms with Gasteiger partial charge in [-0.2, -0.15) is 0 Å². The lowest BCUT2D eigenvalue weighted by Gasteiger charge is -2.34. The van der Waals surface area contributed by atoms with Gasteiger partial charge >= 0.3 is 0 Å². The van der Waals surface area contributed by atoms with Crippen molar-refractivity contribution in [1.82, 2.24) is 5.32 Å². The molecule has 0 aromatic rings. The van der Waals surface area contributed by atoms with Gasteiger partial charge in [-0.25, -0.2) is 0 Å². The molecule has 1 rings (SSSR count). The molecule has 0 aliphatic carbocycles. The third-order valence-corrected chi connectivity index (χ3v) is 4.44. The molecule has 0 amide bonds. The third-order valence-electron chi connectivity index (χ3n) is 4.44. The Morgan fingerprint density at radius 1 is 1.24 bits per heavy atom. The maximum atomic E-state index is 6.11. The van der Waals surface area contributed by atoms with Gasteiger partial charge in [0, 0.05) is 12.6 Å². The SMILES string of the molecule is CC(C)C(C)(C)CNC1CC(C)(C)OC1(C)C. The molecule has 1 unspecified atom stereocenters. The van der Waals surface area contributed by atoms with Gasteiger partial charge in [0.2, 0.25) is 0 Å². The Morgan fingerprint density at radius 3 is 2.12 bits per heavy atom. The van der Waals surface area contributed by atoms with Crippen LogP contribution >= 0.6 is 0 Å². The molecule has 2 heteroatoms. The van der Waals surface area contributed by atoms with Crippen LogP contribution in [0.5, 0.6) is 0 Å². The molecule has 1 N–H and O–H groups in total. The van der Waals surface area contributed by atoms with E-state index in [1.165, 1.54) is 0 Å². The zero-order valence-electron chi connectivity index (χ0n) is 13.0. The molecular weight excluding hydrogens is 210 g/mol. The van der Waals surface area contributed by atoms with Crippen molar-refractivity contribution in [2.75, 3.05) is 6.54 Å². The minimum absolute atomic E-state index is 0.00312. The molecule has 17 heavy (non-hydrogen) atoms. The van der Waals surface area contributed by atoms with Gasteiger partial charge in [0.05, 0.1) is 11.2 Å². The minimum Gasteiger partial charge on any atom is -0.368 e. The van der Waals surface area contributed by atoms with Gasteiger partial charge in [0.1, 0.15) is 0 Å². The van der Waals surface area contributed by atoms with Crippen LogP contribution in [0.2, 0.25) is 0 Å². The smallest absolute Gasteiger partial charge is 0.0787 e. The Balaban J connectivity index is 2.59. The van der Waals surface area contributed by atoms with Crippen molar-refractivity contribution in [3.05, 3.63) is 0 Å². The first-order valence-electron chi connectivity index (χ1n) is 6.90. The molecule has 0 aromatic heterocycles. The summed E-state index contributed by atoms with van der Waals surface area (Å²) >= 11 is 0. The molecule has 0 radical (unpaired) electrons. The van der Waals surface area contributed by atoms with E-state index in [9.17, 15) is 0 Å². The fourth-order valence-electron chi connectivity index (χ4n) is 2.47. The standard InChI is InChI=1S/C15H31NO/c1-11(2)13(3,4)10-16-12-9-14(5,6)17-15(12,7)8/h11-12,16H,9-10H2,1-8H3. The average molecular weight is 241 g/mol. The van der Waals surface area contributed by atoms with E-state index in [2.05, 4.69) is 60.7 Å². The molecule has 1 aliphatic rings. The number of nitrogens with one attached hydrogen (secondary N) is 1. The van der Waals surface area contributed by atoms with Gasteiger partial charge in [-0.05, 0) is 45.4 Å². The van der Waals surface area contributed by atoms with Gasteiger partial charge in [-0.15, -0.1) is 0 Å². The van der Waals surface area contributed by atoms with Gasteiger partial charge in [0.15, 0.2) is 0 Å². The van der Waals surface area contributed by atoms with Crippen molar-refractivity contribution >= 4 is 0 Å². The summed E-state index contributed by atoms with van der Waals surface area (Å²) in [5.41, 5.74) is 0.280. The highest BCUT2D eigenvalue weighted by atomic mass is 16.5. The predicted molar refractivity (Wildman–Crippen MR) is 74.3 cm³/mol. The monoisotopic (exact) mass is 241 g/mol. The lowest BCUT2D eigenvalue weighted by molar-refractivity contribution is -0.0703. The zero-order valence-corrected chi connectivity index (χ0v) is 13.0. The van der Waals surface area contributed by atoms with Crippen molar-refractivity contribution in [1.29, 1.82) is 0 Å². The fraction of sp³-hybridized carbons (Fsp3) is 1.00. The Bertz CT molecular complexity index is 266. The number of hydrogen-bond donors (Lipinski definition) is 1. The highest BCUT2D eigenvalue weighted by molar-refractivity contribution is 4.99. The molecule has 2 nitrogen and oxygen atoms in total. The summed E-state index contributed by atoms with van der Waals surface area (Å²) in [6.45, 7) is 19.1. The maximum Gasteiger partial charge on any atom is 0.0787 e. The molecule has 1 heterocycles. The van der Waals surface area contributed by atoms with Crippen molar-refractivity contribution in [3.63, 3.8) is 0 Å². The summed E-state index contributed by atoms with van der Waals surface area (Å²) in [5, 5.41) is 3.72. The molecular formula is C15H31NO. The van der Waals surface area contributed by atoms with Crippen LogP contribution in [-0.2, 0) is 4.74 Å². The van der Waals surface area contributed by atoms with E-state index in [-0.39, 0.29) is 11.2 Å². The summed E-state index contributed by atoms with van der Waals surface area (Å²) in [5.74, 6) is 0.688. The molecule has 1 fully saturated rings. The van der Waals surface area contributed by atoms with Crippen molar-refractivity contribution in [2.24, 2.45) is 11.3 Å². The molecule has 1 atom stereocenters. The molecule has 0 aromatic carbocycles. The molecule has 1 saturated heterocycles. The third kappa shape index (κ3) is 3.69. The van der Waals surface area contributed by atoms with Crippen LogP contribution in [0.1, 0.15) is 61.8 Å². The van der Waals surface area contributed by atoms with E-state index >= 15 is 0 Å². The van der Waals surface area contributed by atoms with Crippen LogP contribution in [0.25, 0.3) is 0 Å². The summed E-state index contributed by atoms with van der Waals surface area (Å²) in [6, 6.07) is 0.454. The van der Waals surface area contributed by atoms with Crippen LogP contribution in [-0.4, -0.2) is 23.8 Å². The second-order valence-electron chi connectivity index (χ2n) is 7.75. The van der Waals surface area contributed by atoms with Gasteiger partial charge in [0.25, 0.3) is 0 Å². The van der Waals surface area contributed by atoms with Gasteiger partial charge in [-0.3, -0.25) is 0 Å². The summed E-state index contributed by atoms with van der Waals surface area (Å²) in [4.78, 5) is 0. The fourth-order valence-corrected chi connectivity index (χ4v) is 2.47. The van der Waals surface area contributed by atoms with Gasteiger partial charge < -0.3 is 10.1 Å². The van der Waals surface area contributed by atoms with Crippen LogP contribution in [0.4, 0.5) is 0 Å². The molecule has 0 saturated carbocycles. The van der Waals surface area contributed by atoms with E-state index < -0.39 is 0 Å². The van der Waals surface area contributed by atoms with E-state index in [1.807, 2.05) is 0 Å². The summed E-state index contributed by atoms with van der Waals surface area (Å²) in [6.07, 6.45) is 1.09. The van der Waals surface area contributed by atoms with Crippen LogP contribution in [0.15, 0.2) is 0 Å². The first-order valence-corrected chi connectivity index (χ1v) is 6.90. The van der Waals surface area contributed by atoms with E-state index in [4.69, 9.17) is 4.74 Å². The van der Waals surface area contributed by atoms with Crippen molar-refractivity contribution in [3.8, 4) is 0 Å². The Morgan fingerprint density at radius 2 is 1.76 bits per heavy atom. The second kappa shape index (κ2) is 4.55. The average Bonchev–Trinajstić information content (AvgIpc) is 2.30. The largest absolute Gasteiger partial charge is 0.368 e. The number of hydrogen-bond acceptors (Lipinski definition) is 2. The quantitative estimate of drug-likeness (QED) is 0.812. The lowest BCUT2D eigenvalue weighted by Crippen LogP contribution is -2.47. The number of ether oxygens (including phenoxy) is 1. The van der Waals surface area contributed by atoms with Crippen LogP contribution < -0.4 is 5.32 Å². The highest BCUT2D eigenvalue weighted by Gasteiger charge is 2.45. The summed E-state index contributed by atoms with van der Waals surface area (Å²) < 4.78 is 6.11. The van der Waals surface area contributed by atoms with E-state index in [0.29, 0.717) is 17.4 Å². The van der Waals surface area contributed by atoms with Gasteiger partial charge in [-0.1, -0.05) is 27.7 Å². The Hall–Kier alpha value is -0.0800. The predicted octanol–water partition coefficient (Wildman–Crippen LogP) is 3.60. The van der Waals surface area contributed by atoms with Crippen LogP contribution in [0.3, 0.4) is 0 Å². The van der Waals surface area contributed by atoms with E-state index in [0.717, 1.165) is 13.0 Å². The minimum atomic E-state index is -0.0590. The number of rotatable bonds is 4. The van der Waals surface area contributed by atoms with Crippen molar-refractivity contribution in [2.45, 2.75) is 79.1 Å². The first kappa shape index (κ1) is 15.0. The molecule has 0 bridgehead atoms. The Kier molecular flexibility index (Phi) is 4.01. The Labute approximate surface area is 108 Å². The first-order chi connectivity index (χ1) is 7.46. The normalized spacial score (nSPS) is 27.7.